The molecule has 2 rings (SSSR count). The van der Waals surface area contributed by atoms with Crippen molar-refractivity contribution in [2.45, 2.75) is 12.8 Å². The highest BCUT2D eigenvalue weighted by atomic mass is 127. The maximum absolute atomic E-state index is 5.91. The maximum Gasteiger partial charge on any atom is 0.222 e. The quantitative estimate of drug-likeness (QED) is 0.612. The molecule has 0 aliphatic rings. The number of alkyl halides is 1. The molecule has 1 aromatic carbocycles. The molecule has 90 valence electrons. The monoisotopic (exact) mass is 362 g/mol. The summed E-state index contributed by atoms with van der Waals surface area (Å²) in [4.78, 5) is 0. The second kappa shape index (κ2) is 5.27. The van der Waals surface area contributed by atoms with Crippen LogP contribution in [-0.2, 0) is 12.9 Å². The zero-order chi connectivity index (χ0) is 12.4. The lowest BCUT2D eigenvalue weighted by atomic mass is 10.3. The van der Waals surface area contributed by atoms with Crippen molar-refractivity contribution >= 4 is 34.2 Å². The molecule has 5 heteroatoms. The van der Waals surface area contributed by atoms with Crippen molar-refractivity contribution in [1.29, 1.82) is 0 Å². The number of nitrogens with zero attached hydrogens (tertiary/aromatic N) is 2. The number of aryl methyl sites for hydroxylation is 2. The van der Waals surface area contributed by atoms with Crippen LogP contribution in [0.2, 0.25) is 0 Å². The summed E-state index contributed by atoms with van der Waals surface area (Å²) in [6.07, 6.45) is 0. The predicted octanol–water partition coefficient (Wildman–Crippen LogP) is 3.86. The number of rotatable bonds is 3. The Kier molecular flexibility index (Phi) is 3.93. The van der Waals surface area contributed by atoms with Crippen LogP contribution in [-0.4, -0.2) is 9.78 Å². The van der Waals surface area contributed by atoms with E-state index in [0.717, 1.165) is 17.0 Å². The van der Waals surface area contributed by atoms with Crippen LogP contribution >= 0.6 is 34.2 Å². The van der Waals surface area contributed by atoms with E-state index in [2.05, 4.69) is 27.7 Å². The number of halogens is 2. The van der Waals surface area contributed by atoms with Gasteiger partial charge < -0.3 is 4.74 Å². The van der Waals surface area contributed by atoms with Gasteiger partial charge in [-0.05, 0) is 53.8 Å². The van der Waals surface area contributed by atoms with Gasteiger partial charge in [-0.1, -0.05) is 0 Å². The van der Waals surface area contributed by atoms with Gasteiger partial charge in [0.2, 0.25) is 5.88 Å². The molecule has 0 bridgehead atoms. The molecule has 0 atom stereocenters. The summed E-state index contributed by atoms with van der Waals surface area (Å²) >= 11 is 8.17. The molecule has 0 aliphatic carbocycles. The molecule has 0 aliphatic heterocycles. The molecule has 0 saturated heterocycles. The minimum absolute atomic E-state index is 0.402. The van der Waals surface area contributed by atoms with Crippen molar-refractivity contribution in [1.82, 2.24) is 9.78 Å². The van der Waals surface area contributed by atoms with Crippen LogP contribution < -0.4 is 4.74 Å². The Morgan fingerprint density at radius 1 is 1.35 bits per heavy atom. The van der Waals surface area contributed by atoms with Gasteiger partial charge >= 0.3 is 0 Å². The van der Waals surface area contributed by atoms with Gasteiger partial charge in [0.05, 0.1) is 17.1 Å². The van der Waals surface area contributed by atoms with E-state index < -0.39 is 0 Å². The molecule has 0 fully saturated rings. The number of hydrogen-bond acceptors (Lipinski definition) is 2. The summed E-state index contributed by atoms with van der Waals surface area (Å²) in [5, 5.41) is 4.30. The number of benzene rings is 1. The predicted molar refractivity (Wildman–Crippen MR) is 76.7 cm³/mol. The second-order valence-corrected chi connectivity index (χ2v) is 5.20. The van der Waals surface area contributed by atoms with Crippen molar-refractivity contribution in [3.05, 3.63) is 39.1 Å². The van der Waals surface area contributed by atoms with Gasteiger partial charge in [0, 0.05) is 10.6 Å². The van der Waals surface area contributed by atoms with Crippen LogP contribution in [0, 0.1) is 10.5 Å². The van der Waals surface area contributed by atoms with Crippen molar-refractivity contribution in [3.8, 4) is 11.6 Å². The lowest BCUT2D eigenvalue weighted by Crippen LogP contribution is -1.96. The fourth-order valence-corrected chi connectivity index (χ4v) is 2.24. The van der Waals surface area contributed by atoms with E-state index in [9.17, 15) is 0 Å². The molecule has 0 N–H and O–H groups in total. The van der Waals surface area contributed by atoms with E-state index >= 15 is 0 Å². The van der Waals surface area contributed by atoms with Gasteiger partial charge in [-0.3, -0.25) is 0 Å². The van der Waals surface area contributed by atoms with Crippen LogP contribution in [0.25, 0.3) is 0 Å². The van der Waals surface area contributed by atoms with E-state index in [1.807, 2.05) is 38.2 Å². The number of ether oxygens (including phenoxy) is 1. The summed E-state index contributed by atoms with van der Waals surface area (Å²) in [5.41, 5.74) is 1.84. The third kappa shape index (κ3) is 2.74. The van der Waals surface area contributed by atoms with Crippen molar-refractivity contribution in [2.75, 3.05) is 0 Å². The average molecular weight is 363 g/mol. The third-order valence-corrected chi connectivity index (χ3v) is 3.44. The Morgan fingerprint density at radius 3 is 2.59 bits per heavy atom. The highest BCUT2D eigenvalue weighted by Gasteiger charge is 2.14. The first-order valence-corrected chi connectivity index (χ1v) is 6.75. The average Bonchev–Trinajstić information content (AvgIpc) is 2.57. The van der Waals surface area contributed by atoms with Crippen LogP contribution in [0.3, 0.4) is 0 Å². The van der Waals surface area contributed by atoms with Crippen molar-refractivity contribution < 1.29 is 4.74 Å². The van der Waals surface area contributed by atoms with E-state index in [1.165, 1.54) is 3.57 Å². The van der Waals surface area contributed by atoms with E-state index in [0.29, 0.717) is 11.8 Å². The fraction of sp³-hybridized carbons (Fsp3) is 0.250. The first kappa shape index (κ1) is 12.7. The Labute approximate surface area is 119 Å². The van der Waals surface area contributed by atoms with Gasteiger partial charge in [0.15, 0.2) is 0 Å². The molecule has 0 unspecified atom stereocenters. The van der Waals surface area contributed by atoms with Gasteiger partial charge in [-0.15, -0.1) is 11.6 Å². The minimum atomic E-state index is 0.402. The smallest absolute Gasteiger partial charge is 0.222 e. The van der Waals surface area contributed by atoms with Crippen LogP contribution in [0.1, 0.15) is 11.3 Å². The SMILES string of the molecule is Cc1nn(C)c(Oc2ccc(I)cc2)c1CCl. The molecule has 0 radical (unpaired) electrons. The van der Waals surface area contributed by atoms with E-state index in [1.54, 1.807) is 4.68 Å². The zero-order valence-electron chi connectivity index (χ0n) is 9.58. The first-order valence-electron chi connectivity index (χ1n) is 5.13. The van der Waals surface area contributed by atoms with E-state index in [-0.39, 0.29) is 0 Å². The third-order valence-electron chi connectivity index (χ3n) is 2.45. The first-order chi connectivity index (χ1) is 8.11. The van der Waals surface area contributed by atoms with Crippen LogP contribution in [0.4, 0.5) is 0 Å². The molecule has 1 aromatic heterocycles. The standard InChI is InChI=1S/C12H12ClIN2O/c1-8-11(7-13)12(16(2)15-8)17-10-5-3-9(14)4-6-10/h3-6H,7H2,1-2H3. The molecular weight excluding hydrogens is 351 g/mol. The Hall–Kier alpha value is -0.750. The van der Waals surface area contributed by atoms with Gasteiger partial charge in [-0.25, -0.2) is 4.68 Å². The minimum Gasteiger partial charge on any atom is -0.439 e. The lowest BCUT2D eigenvalue weighted by molar-refractivity contribution is 0.427. The van der Waals surface area contributed by atoms with Gasteiger partial charge in [-0.2, -0.15) is 5.10 Å². The summed E-state index contributed by atoms with van der Waals surface area (Å²) in [5.74, 6) is 1.90. The van der Waals surface area contributed by atoms with Crippen LogP contribution in [0.5, 0.6) is 11.6 Å². The molecule has 0 amide bonds. The summed E-state index contributed by atoms with van der Waals surface area (Å²) in [6, 6.07) is 7.86. The Balaban J connectivity index is 2.32. The highest BCUT2D eigenvalue weighted by Crippen LogP contribution is 2.28. The highest BCUT2D eigenvalue weighted by molar-refractivity contribution is 14.1. The zero-order valence-corrected chi connectivity index (χ0v) is 12.5. The van der Waals surface area contributed by atoms with E-state index in [4.69, 9.17) is 16.3 Å². The Bertz CT molecular complexity index is 522. The molecular formula is C12H12ClIN2O. The lowest BCUT2D eigenvalue weighted by Gasteiger charge is -2.07. The van der Waals surface area contributed by atoms with Gasteiger partial charge in [0.1, 0.15) is 5.75 Å². The second-order valence-electron chi connectivity index (χ2n) is 3.68. The normalized spacial score (nSPS) is 10.6. The van der Waals surface area contributed by atoms with Gasteiger partial charge in [0.25, 0.3) is 0 Å². The molecule has 0 spiro atoms. The number of hydrogen-bond donors (Lipinski definition) is 0. The number of aromatic nitrogens is 2. The molecule has 17 heavy (non-hydrogen) atoms. The van der Waals surface area contributed by atoms with Crippen LogP contribution in [0.15, 0.2) is 24.3 Å². The summed E-state index contributed by atoms with van der Waals surface area (Å²) < 4.78 is 8.71. The Morgan fingerprint density at radius 2 is 2.00 bits per heavy atom. The molecule has 1 heterocycles. The largest absolute Gasteiger partial charge is 0.439 e. The fourth-order valence-electron chi connectivity index (χ4n) is 1.58. The molecule has 0 saturated carbocycles. The molecule has 3 nitrogen and oxygen atoms in total. The summed E-state index contributed by atoms with van der Waals surface area (Å²) in [6.45, 7) is 1.93. The maximum atomic E-state index is 5.91. The topological polar surface area (TPSA) is 27.1 Å². The molecule has 2 aromatic rings. The summed E-state index contributed by atoms with van der Waals surface area (Å²) in [7, 11) is 1.85. The van der Waals surface area contributed by atoms with Crippen molar-refractivity contribution in [3.63, 3.8) is 0 Å². The van der Waals surface area contributed by atoms with Crippen molar-refractivity contribution in [2.24, 2.45) is 7.05 Å².